The first-order chi connectivity index (χ1) is 5.36. The summed E-state index contributed by atoms with van der Waals surface area (Å²) >= 11 is 0. The van der Waals surface area contributed by atoms with E-state index in [0.717, 1.165) is 6.42 Å². The molecule has 0 amide bonds. The van der Waals surface area contributed by atoms with E-state index in [1.165, 1.54) is 0 Å². The third-order valence-electron chi connectivity index (χ3n) is 2.29. The molecule has 0 bridgehead atoms. The first-order valence-corrected chi connectivity index (χ1v) is 4.08. The average molecular weight is 153 g/mol. The zero-order valence-electron chi connectivity index (χ0n) is 6.41. The molecule has 1 aliphatic heterocycles. The predicted molar refractivity (Wildman–Crippen MR) is 43.2 cm³/mol. The minimum absolute atomic E-state index is 0.465. The second-order valence-corrected chi connectivity index (χ2v) is 3.17. The summed E-state index contributed by atoms with van der Waals surface area (Å²) in [5.74, 6) is 0. The monoisotopic (exact) mass is 153 g/mol. The quantitative estimate of drug-likeness (QED) is 0.552. The molecule has 0 saturated carbocycles. The molecular weight excluding hydrogens is 141 g/mol. The highest BCUT2D eigenvalue weighted by Gasteiger charge is 2.30. The molecule has 2 rings (SSSR count). The Morgan fingerprint density at radius 2 is 2.09 bits per heavy atom. The van der Waals surface area contributed by atoms with E-state index in [1.807, 2.05) is 12.2 Å². The zero-order valence-corrected chi connectivity index (χ0v) is 6.41. The van der Waals surface area contributed by atoms with Crippen LogP contribution in [-0.4, -0.2) is 30.2 Å². The molecule has 1 atom stereocenters. The van der Waals surface area contributed by atoms with Crippen molar-refractivity contribution in [1.82, 2.24) is 4.90 Å². The standard InChI is InChI=1S/C9H12FN/c10-8-6-11(7-8)9-4-2-1-3-5-9/h1-4,8-9H,5-7H2/t9-/m1/s1. The van der Waals surface area contributed by atoms with Gasteiger partial charge < -0.3 is 0 Å². The number of hydrogen-bond acceptors (Lipinski definition) is 1. The van der Waals surface area contributed by atoms with Crippen molar-refractivity contribution in [1.29, 1.82) is 0 Å². The van der Waals surface area contributed by atoms with Gasteiger partial charge in [-0.25, -0.2) is 4.39 Å². The van der Waals surface area contributed by atoms with Crippen molar-refractivity contribution in [2.24, 2.45) is 0 Å². The largest absolute Gasteiger partial charge is 0.291 e. The molecule has 2 aliphatic rings. The number of rotatable bonds is 1. The third-order valence-corrected chi connectivity index (χ3v) is 2.29. The first-order valence-electron chi connectivity index (χ1n) is 4.08. The summed E-state index contributed by atoms with van der Waals surface area (Å²) in [7, 11) is 0. The maximum atomic E-state index is 12.4. The van der Waals surface area contributed by atoms with Crippen molar-refractivity contribution in [3.05, 3.63) is 24.3 Å². The van der Waals surface area contributed by atoms with Crippen molar-refractivity contribution < 1.29 is 4.39 Å². The van der Waals surface area contributed by atoms with E-state index in [0.29, 0.717) is 19.1 Å². The Kier molecular flexibility index (Phi) is 1.78. The lowest BCUT2D eigenvalue weighted by Gasteiger charge is -2.39. The molecule has 60 valence electrons. The Bertz CT molecular complexity index is 192. The van der Waals surface area contributed by atoms with Gasteiger partial charge in [0.25, 0.3) is 0 Å². The van der Waals surface area contributed by atoms with Crippen LogP contribution in [0.25, 0.3) is 0 Å². The SMILES string of the molecule is FC1CN([C@@H]2C=CC=CC2)C1. The maximum Gasteiger partial charge on any atom is 0.125 e. The molecule has 1 nitrogen and oxygen atoms in total. The van der Waals surface area contributed by atoms with Crippen LogP contribution >= 0.6 is 0 Å². The molecular formula is C9H12FN. The molecule has 0 spiro atoms. The molecule has 0 unspecified atom stereocenters. The number of allylic oxidation sites excluding steroid dienone is 2. The summed E-state index contributed by atoms with van der Waals surface area (Å²) < 4.78 is 12.4. The highest BCUT2D eigenvalue weighted by molar-refractivity contribution is 5.14. The highest BCUT2D eigenvalue weighted by Crippen LogP contribution is 2.19. The van der Waals surface area contributed by atoms with Crippen LogP contribution in [-0.2, 0) is 0 Å². The lowest BCUT2D eigenvalue weighted by molar-refractivity contribution is 0.0437. The Morgan fingerprint density at radius 3 is 2.64 bits per heavy atom. The van der Waals surface area contributed by atoms with E-state index >= 15 is 0 Å². The van der Waals surface area contributed by atoms with E-state index in [2.05, 4.69) is 17.1 Å². The molecule has 0 radical (unpaired) electrons. The van der Waals surface area contributed by atoms with Crippen molar-refractivity contribution in [2.45, 2.75) is 18.6 Å². The summed E-state index contributed by atoms with van der Waals surface area (Å²) in [6, 6.07) is 0.465. The van der Waals surface area contributed by atoms with Crippen molar-refractivity contribution in [3.63, 3.8) is 0 Å². The van der Waals surface area contributed by atoms with Gasteiger partial charge in [0.15, 0.2) is 0 Å². The van der Waals surface area contributed by atoms with E-state index in [9.17, 15) is 4.39 Å². The van der Waals surface area contributed by atoms with Crippen LogP contribution < -0.4 is 0 Å². The molecule has 0 aromatic heterocycles. The Labute approximate surface area is 66.2 Å². The zero-order chi connectivity index (χ0) is 7.68. The van der Waals surface area contributed by atoms with Crippen LogP contribution in [0, 0.1) is 0 Å². The Hall–Kier alpha value is -0.630. The summed E-state index contributed by atoms with van der Waals surface area (Å²) in [6.45, 7) is 1.26. The number of likely N-dealkylation sites (tertiary alicyclic amines) is 1. The Balaban J connectivity index is 1.87. The van der Waals surface area contributed by atoms with E-state index in [4.69, 9.17) is 0 Å². The van der Waals surface area contributed by atoms with Gasteiger partial charge in [-0.05, 0) is 6.42 Å². The molecule has 0 N–H and O–H groups in total. The average Bonchev–Trinajstić information content (AvgIpc) is 2.01. The topological polar surface area (TPSA) is 3.24 Å². The van der Waals surface area contributed by atoms with E-state index < -0.39 is 6.17 Å². The number of alkyl halides is 1. The molecule has 1 heterocycles. The fraction of sp³-hybridized carbons (Fsp3) is 0.556. The fourth-order valence-electron chi connectivity index (χ4n) is 1.56. The van der Waals surface area contributed by atoms with Gasteiger partial charge in [-0.3, -0.25) is 4.90 Å². The highest BCUT2D eigenvalue weighted by atomic mass is 19.1. The van der Waals surface area contributed by atoms with Crippen LogP contribution in [0.4, 0.5) is 4.39 Å². The second-order valence-electron chi connectivity index (χ2n) is 3.17. The molecule has 0 aromatic carbocycles. The van der Waals surface area contributed by atoms with Gasteiger partial charge >= 0.3 is 0 Å². The van der Waals surface area contributed by atoms with Crippen molar-refractivity contribution in [3.8, 4) is 0 Å². The summed E-state index contributed by atoms with van der Waals surface area (Å²) in [6.07, 6.45) is 8.84. The van der Waals surface area contributed by atoms with Gasteiger partial charge in [0.2, 0.25) is 0 Å². The first kappa shape index (κ1) is 7.04. The number of hydrogen-bond donors (Lipinski definition) is 0. The summed E-state index contributed by atoms with van der Waals surface area (Å²) in [4.78, 5) is 2.17. The van der Waals surface area contributed by atoms with Gasteiger partial charge in [0.1, 0.15) is 6.17 Å². The Morgan fingerprint density at radius 1 is 1.27 bits per heavy atom. The molecule has 1 fully saturated rings. The van der Waals surface area contributed by atoms with E-state index in [1.54, 1.807) is 0 Å². The summed E-state index contributed by atoms with van der Waals surface area (Å²) in [5, 5.41) is 0. The van der Waals surface area contributed by atoms with Gasteiger partial charge in [0.05, 0.1) is 0 Å². The van der Waals surface area contributed by atoms with Gasteiger partial charge in [-0.2, -0.15) is 0 Å². The van der Waals surface area contributed by atoms with Crippen LogP contribution in [0.3, 0.4) is 0 Å². The van der Waals surface area contributed by atoms with Crippen molar-refractivity contribution >= 4 is 0 Å². The van der Waals surface area contributed by atoms with Gasteiger partial charge in [0, 0.05) is 19.1 Å². The maximum absolute atomic E-state index is 12.4. The molecule has 1 saturated heterocycles. The van der Waals surface area contributed by atoms with Crippen molar-refractivity contribution in [2.75, 3.05) is 13.1 Å². The van der Waals surface area contributed by atoms with Crippen LogP contribution in [0.5, 0.6) is 0 Å². The number of nitrogens with zero attached hydrogens (tertiary/aromatic N) is 1. The summed E-state index contributed by atoms with van der Waals surface area (Å²) in [5.41, 5.74) is 0. The minimum atomic E-state index is -0.575. The van der Waals surface area contributed by atoms with Gasteiger partial charge in [-0.1, -0.05) is 24.3 Å². The minimum Gasteiger partial charge on any atom is -0.291 e. The molecule has 11 heavy (non-hydrogen) atoms. The van der Waals surface area contributed by atoms with Crippen LogP contribution in [0.15, 0.2) is 24.3 Å². The smallest absolute Gasteiger partial charge is 0.125 e. The van der Waals surface area contributed by atoms with Gasteiger partial charge in [-0.15, -0.1) is 0 Å². The normalized spacial score (nSPS) is 32.3. The van der Waals surface area contributed by atoms with Crippen LogP contribution in [0.2, 0.25) is 0 Å². The molecule has 0 aromatic rings. The lowest BCUT2D eigenvalue weighted by Crippen LogP contribution is -2.52. The van der Waals surface area contributed by atoms with E-state index in [-0.39, 0.29) is 0 Å². The predicted octanol–water partition coefficient (Wildman–Crippen LogP) is 1.52. The molecule has 1 aliphatic carbocycles. The fourth-order valence-corrected chi connectivity index (χ4v) is 1.56. The van der Waals surface area contributed by atoms with Crippen LogP contribution in [0.1, 0.15) is 6.42 Å². The third kappa shape index (κ3) is 1.36. The lowest BCUT2D eigenvalue weighted by atomic mass is 10.0. The molecule has 2 heteroatoms. The second kappa shape index (κ2) is 2.78. The number of halogens is 1.